The summed E-state index contributed by atoms with van der Waals surface area (Å²) in [6.07, 6.45) is 0.988. The van der Waals surface area contributed by atoms with E-state index >= 15 is 0 Å². The van der Waals surface area contributed by atoms with Crippen molar-refractivity contribution < 1.29 is 14.4 Å². The van der Waals surface area contributed by atoms with Gasteiger partial charge in [-0.05, 0) is 25.0 Å². The zero-order valence-corrected chi connectivity index (χ0v) is 13.2. The summed E-state index contributed by atoms with van der Waals surface area (Å²) in [7, 11) is 0. The van der Waals surface area contributed by atoms with Crippen LogP contribution in [0.15, 0.2) is 24.3 Å². The van der Waals surface area contributed by atoms with Crippen molar-refractivity contribution in [3.63, 3.8) is 0 Å². The lowest BCUT2D eigenvalue weighted by Crippen LogP contribution is -2.54. The highest BCUT2D eigenvalue weighted by molar-refractivity contribution is 5.96. The highest BCUT2D eigenvalue weighted by Crippen LogP contribution is 2.15. The Bertz CT molecular complexity index is 636. The topological polar surface area (TPSA) is 69.7 Å². The van der Waals surface area contributed by atoms with Crippen LogP contribution < -0.4 is 5.32 Å². The van der Waals surface area contributed by atoms with Gasteiger partial charge in [0.1, 0.15) is 6.04 Å². The zero-order valence-electron chi connectivity index (χ0n) is 13.2. The fourth-order valence-corrected chi connectivity index (χ4v) is 3.13. The third-order valence-corrected chi connectivity index (χ3v) is 4.55. The summed E-state index contributed by atoms with van der Waals surface area (Å²) in [4.78, 5) is 39.7. The van der Waals surface area contributed by atoms with E-state index in [0.717, 1.165) is 11.1 Å². The molecule has 2 saturated heterocycles. The van der Waals surface area contributed by atoms with Gasteiger partial charge < -0.3 is 15.1 Å². The second-order valence-corrected chi connectivity index (χ2v) is 6.09. The van der Waals surface area contributed by atoms with E-state index in [1.165, 1.54) is 0 Å². The highest BCUT2D eigenvalue weighted by Gasteiger charge is 2.33. The van der Waals surface area contributed by atoms with Crippen molar-refractivity contribution in [3.05, 3.63) is 35.4 Å². The molecular formula is C17H21N3O3. The number of nitrogens with zero attached hydrogens (tertiary/aromatic N) is 2. The smallest absolute Gasteiger partial charge is 0.254 e. The van der Waals surface area contributed by atoms with E-state index in [1.807, 2.05) is 31.2 Å². The minimum atomic E-state index is -0.388. The number of nitrogens with one attached hydrogen (secondary N) is 1. The van der Waals surface area contributed by atoms with Crippen LogP contribution in [-0.4, -0.2) is 59.7 Å². The first kappa shape index (κ1) is 15.5. The molecule has 0 spiro atoms. The minimum Gasteiger partial charge on any atom is -0.344 e. The lowest BCUT2D eigenvalue weighted by atomic mass is 10.1. The van der Waals surface area contributed by atoms with Crippen molar-refractivity contribution in [2.45, 2.75) is 25.8 Å². The van der Waals surface area contributed by atoms with Gasteiger partial charge in [0.05, 0.1) is 0 Å². The number of aryl methyl sites for hydroxylation is 1. The second kappa shape index (κ2) is 6.40. The summed E-state index contributed by atoms with van der Waals surface area (Å²) in [5.41, 5.74) is 1.68. The number of carbonyl (C=O) groups is 3. The normalized spacial score (nSPS) is 21.3. The molecule has 0 aliphatic carbocycles. The molecule has 6 nitrogen and oxygen atoms in total. The number of carbonyl (C=O) groups excluding carboxylic acids is 3. The Morgan fingerprint density at radius 1 is 1.09 bits per heavy atom. The molecule has 3 rings (SSSR count). The number of rotatable bonds is 2. The largest absolute Gasteiger partial charge is 0.344 e. The minimum absolute atomic E-state index is 0.0179. The van der Waals surface area contributed by atoms with Crippen LogP contribution in [0.4, 0.5) is 0 Å². The van der Waals surface area contributed by atoms with Gasteiger partial charge in [0.2, 0.25) is 11.8 Å². The molecule has 1 N–H and O–H groups in total. The number of benzene rings is 1. The number of hydrogen-bond acceptors (Lipinski definition) is 3. The van der Waals surface area contributed by atoms with Crippen molar-refractivity contribution in [3.8, 4) is 0 Å². The van der Waals surface area contributed by atoms with E-state index < -0.39 is 0 Å². The van der Waals surface area contributed by atoms with E-state index in [0.29, 0.717) is 39.0 Å². The highest BCUT2D eigenvalue weighted by atomic mass is 16.2. The van der Waals surface area contributed by atoms with Crippen LogP contribution in [0.5, 0.6) is 0 Å². The van der Waals surface area contributed by atoms with Crippen LogP contribution in [0.25, 0.3) is 0 Å². The molecule has 122 valence electrons. The maximum Gasteiger partial charge on any atom is 0.254 e. The van der Waals surface area contributed by atoms with Crippen LogP contribution in [0, 0.1) is 6.92 Å². The number of piperazine rings is 1. The summed E-state index contributed by atoms with van der Waals surface area (Å²) >= 11 is 0. The molecule has 2 heterocycles. The Morgan fingerprint density at radius 3 is 2.35 bits per heavy atom. The van der Waals surface area contributed by atoms with Crippen molar-refractivity contribution in [2.75, 3.05) is 26.2 Å². The molecule has 0 bridgehead atoms. The molecular weight excluding hydrogens is 294 g/mol. The van der Waals surface area contributed by atoms with Crippen molar-refractivity contribution in [1.29, 1.82) is 0 Å². The molecule has 2 aliphatic rings. The van der Waals surface area contributed by atoms with Gasteiger partial charge >= 0.3 is 0 Å². The number of amides is 3. The molecule has 0 aromatic heterocycles. The summed E-state index contributed by atoms with van der Waals surface area (Å²) in [6.45, 7) is 4.01. The molecule has 6 heteroatoms. The lowest BCUT2D eigenvalue weighted by molar-refractivity contribution is -0.135. The van der Waals surface area contributed by atoms with Gasteiger partial charge in [0, 0.05) is 38.2 Å². The standard InChI is InChI=1S/C17H21N3O3/c1-12-4-2-3-5-13(12)16(22)19-8-10-20(11-9-19)17(23)14-6-7-15(21)18-14/h2-5,14H,6-11H2,1H3,(H,18,21). The van der Waals surface area contributed by atoms with Crippen LogP contribution >= 0.6 is 0 Å². The molecule has 1 aromatic carbocycles. The Hall–Kier alpha value is -2.37. The Morgan fingerprint density at radius 2 is 1.74 bits per heavy atom. The third-order valence-electron chi connectivity index (χ3n) is 4.55. The molecule has 1 unspecified atom stereocenters. The predicted octanol–water partition coefficient (Wildman–Crippen LogP) is 0.558. The Balaban J connectivity index is 1.58. The Kier molecular flexibility index (Phi) is 4.32. The quantitative estimate of drug-likeness (QED) is 0.867. The van der Waals surface area contributed by atoms with Gasteiger partial charge in [0.15, 0.2) is 0 Å². The first-order valence-electron chi connectivity index (χ1n) is 7.99. The van der Waals surface area contributed by atoms with E-state index in [-0.39, 0.29) is 23.8 Å². The molecule has 2 fully saturated rings. The molecule has 0 saturated carbocycles. The van der Waals surface area contributed by atoms with Crippen LogP contribution in [0.2, 0.25) is 0 Å². The second-order valence-electron chi connectivity index (χ2n) is 6.09. The average molecular weight is 315 g/mol. The summed E-state index contributed by atoms with van der Waals surface area (Å²) in [6, 6.07) is 7.15. The lowest BCUT2D eigenvalue weighted by Gasteiger charge is -2.36. The first-order chi connectivity index (χ1) is 11.1. The van der Waals surface area contributed by atoms with Gasteiger partial charge in [-0.15, -0.1) is 0 Å². The molecule has 1 atom stereocenters. The van der Waals surface area contributed by atoms with E-state index in [2.05, 4.69) is 5.32 Å². The van der Waals surface area contributed by atoms with Crippen LogP contribution in [0.1, 0.15) is 28.8 Å². The molecule has 0 radical (unpaired) electrons. The average Bonchev–Trinajstić information content (AvgIpc) is 3.01. The first-order valence-corrected chi connectivity index (χ1v) is 7.99. The predicted molar refractivity (Wildman–Crippen MR) is 84.8 cm³/mol. The van der Waals surface area contributed by atoms with E-state index in [1.54, 1.807) is 9.80 Å². The summed E-state index contributed by atoms with van der Waals surface area (Å²) in [5.74, 6) is -0.0695. The molecule has 2 aliphatic heterocycles. The SMILES string of the molecule is Cc1ccccc1C(=O)N1CCN(C(=O)C2CCC(=O)N2)CC1. The van der Waals surface area contributed by atoms with Gasteiger partial charge in [-0.3, -0.25) is 14.4 Å². The molecule has 1 aromatic rings. The van der Waals surface area contributed by atoms with Crippen molar-refractivity contribution >= 4 is 17.7 Å². The van der Waals surface area contributed by atoms with Gasteiger partial charge in [-0.1, -0.05) is 18.2 Å². The maximum atomic E-state index is 12.6. The van der Waals surface area contributed by atoms with Crippen LogP contribution in [-0.2, 0) is 9.59 Å². The maximum absolute atomic E-state index is 12.6. The van der Waals surface area contributed by atoms with Crippen molar-refractivity contribution in [1.82, 2.24) is 15.1 Å². The van der Waals surface area contributed by atoms with E-state index in [9.17, 15) is 14.4 Å². The van der Waals surface area contributed by atoms with Gasteiger partial charge in [-0.25, -0.2) is 0 Å². The summed E-state index contributed by atoms with van der Waals surface area (Å²) in [5, 5.41) is 2.71. The van der Waals surface area contributed by atoms with Crippen molar-refractivity contribution in [2.24, 2.45) is 0 Å². The van der Waals surface area contributed by atoms with Gasteiger partial charge in [0.25, 0.3) is 5.91 Å². The monoisotopic (exact) mass is 315 g/mol. The van der Waals surface area contributed by atoms with Gasteiger partial charge in [-0.2, -0.15) is 0 Å². The molecule has 3 amide bonds. The number of hydrogen-bond donors (Lipinski definition) is 1. The third kappa shape index (κ3) is 3.21. The van der Waals surface area contributed by atoms with E-state index in [4.69, 9.17) is 0 Å². The summed E-state index contributed by atoms with van der Waals surface area (Å²) < 4.78 is 0. The fraction of sp³-hybridized carbons (Fsp3) is 0.471. The zero-order chi connectivity index (χ0) is 16.4. The molecule has 23 heavy (non-hydrogen) atoms. The Labute approximate surface area is 135 Å². The fourth-order valence-electron chi connectivity index (χ4n) is 3.13. The van der Waals surface area contributed by atoms with Crippen LogP contribution in [0.3, 0.4) is 0 Å².